The molecule has 0 bridgehead atoms. The Morgan fingerprint density at radius 2 is 2.25 bits per heavy atom. The summed E-state index contributed by atoms with van der Waals surface area (Å²) in [5.74, 6) is 0. The fraction of sp³-hybridized carbons (Fsp3) is 0.667. The van der Waals surface area contributed by atoms with Gasteiger partial charge in [0, 0.05) is 13.5 Å². The zero-order valence-corrected chi connectivity index (χ0v) is 6.67. The minimum absolute atomic E-state index is 0.138. The predicted octanol–water partition coefficient (Wildman–Crippen LogP) is 0.254. The normalized spacial score (nSPS) is 11.1. The number of rotatable bonds is 3. The molecule has 0 aromatic carbocycles. The standard InChI is InChI=1S/C6H10F2N4/c1-12-5(6(7)8)4(2-3-9)10-11-12/h6H,2-3,9H2,1H3. The Morgan fingerprint density at radius 1 is 1.58 bits per heavy atom. The van der Waals surface area contributed by atoms with Crippen molar-refractivity contribution in [3.63, 3.8) is 0 Å². The van der Waals surface area contributed by atoms with Crippen LogP contribution in [0.5, 0.6) is 0 Å². The molecule has 0 aliphatic heterocycles. The lowest BCUT2D eigenvalue weighted by molar-refractivity contribution is 0.139. The molecule has 1 aromatic rings. The number of aromatic nitrogens is 3. The molecule has 0 aliphatic rings. The first-order valence-corrected chi connectivity index (χ1v) is 3.53. The molecule has 68 valence electrons. The Hall–Kier alpha value is -1.04. The first-order valence-electron chi connectivity index (χ1n) is 3.53. The third-order valence-corrected chi connectivity index (χ3v) is 1.53. The van der Waals surface area contributed by atoms with E-state index in [9.17, 15) is 8.78 Å². The summed E-state index contributed by atoms with van der Waals surface area (Å²) in [7, 11) is 1.44. The molecule has 1 rings (SSSR count). The van der Waals surface area contributed by atoms with Gasteiger partial charge in [-0.25, -0.2) is 13.5 Å². The summed E-state index contributed by atoms with van der Waals surface area (Å²) in [6.07, 6.45) is -2.19. The molecule has 0 unspecified atom stereocenters. The van der Waals surface area contributed by atoms with Crippen LogP contribution in [-0.2, 0) is 13.5 Å². The van der Waals surface area contributed by atoms with Crippen LogP contribution >= 0.6 is 0 Å². The third kappa shape index (κ3) is 1.58. The first kappa shape index (κ1) is 9.05. The van der Waals surface area contributed by atoms with Gasteiger partial charge in [0.05, 0.1) is 5.69 Å². The Bertz CT molecular complexity index is 258. The van der Waals surface area contributed by atoms with Gasteiger partial charge in [0.15, 0.2) is 0 Å². The van der Waals surface area contributed by atoms with E-state index in [-0.39, 0.29) is 11.4 Å². The van der Waals surface area contributed by atoms with Gasteiger partial charge in [-0.2, -0.15) is 0 Å². The number of halogens is 2. The second kappa shape index (κ2) is 3.57. The monoisotopic (exact) mass is 176 g/mol. The highest BCUT2D eigenvalue weighted by molar-refractivity contribution is 5.11. The van der Waals surface area contributed by atoms with Gasteiger partial charge in [0.2, 0.25) is 0 Å². The average Bonchev–Trinajstić information content (AvgIpc) is 2.32. The van der Waals surface area contributed by atoms with E-state index >= 15 is 0 Å². The minimum Gasteiger partial charge on any atom is -0.330 e. The van der Waals surface area contributed by atoms with Crippen LogP contribution in [-0.4, -0.2) is 21.5 Å². The van der Waals surface area contributed by atoms with Gasteiger partial charge in [0.1, 0.15) is 5.69 Å². The Balaban J connectivity index is 2.95. The van der Waals surface area contributed by atoms with Crippen molar-refractivity contribution < 1.29 is 8.78 Å². The maximum Gasteiger partial charge on any atom is 0.281 e. The average molecular weight is 176 g/mol. The zero-order valence-electron chi connectivity index (χ0n) is 6.67. The number of hydrogen-bond donors (Lipinski definition) is 1. The van der Waals surface area contributed by atoms with Crippen molar-refractivity contribution in [2.45, 2.75) is 12.8 Å². The quantitative estimate of drug-likeness (QED) is 0.718. The lowest BCUT2D eigenvalue weighted by Crippen LogP contribution is -2.07. The first-order chi connectivity index (χ1) is 5.66. The van der Waals surface area contributed by atoms with E-state index in [0.29, 0.717) is 13.0 Å². The van der Waals surface area contributed by atoms with E-state index < -0.39 is 6.43 Å². The number of nitrogens with zero attached hydrogens (tertiary/aromatic N) is 3. The molecule has 12 heavy (non-hydrogen) atoms. The van der Waals surface area contributed by atoms with Gasteiger partial charge in [-0.1, -0.05) is 5.21 Å². The number of nitrogens with two attached hydrogens (primary N) is 1. The second-order valence-electron chi connectivity index (χ2n) is 2.38. The van der Waals surface area contributed by atoms with Crippen molar-refractivity contribution in [2.75, 3.05) is 6.54 Å². The van der Waals surface area contributed by atoms with Crippen molar-refractivity contribution in [3.8, 4) is 0 Å². The summed E-state index contributed by atoms with van der Waals surface area (Å²) >= 11 is 0. The molecule has 2 N–H and O–H groups in total. The van der Waals surface area contributed by atoms with E-state index in [1.807, 2.05) is 0 Å². The molecular formula is C6H10F2N4. The van der Waals surface area contributed by atoms with Crippen LogP contribution in [0.3, 0.4) is 0 Å². The highest BCUT2D eigenvalue weighted by Crippen LogP contribution is 2.20. The van der Waals surface area contributed by atoms with Gasteiger partial charge in [-0.15, -0.1) is 5.10 Å². The zero-order chi connectivity index (χ0) is 9.14. The van der Waals surface area contributed by atoms with Gasteiger partial charge < -0.3 is 5.73 Å². The molecule has 1 heterocycles. The maximum atomic E-state index is 12.3. The van der Waals surface area contributed by atoms with Crippen molar-refractivity contribution in [3.05, 3.63) is 11.4 Å². The van der Waals surface area contributed by atoms with Crippen LogP contribution in [0.25, 0.3) is 0 Å². The summed E-state index contributed by atoms with van der Waals surface area (Å²) in [4.78, 5) is 0. The van der Waals surface area contributed by atoms with Crippen LogP contribution in [0.1, 0.15) is 17.8 Å². The molecule has 0 aliphatic carbocycles. The summed E-state index contributed by atoms with van der Waals surface area (Å²) in [5, 5.41) is 7.07. The fourth-order valence-corrected chi connectivity index (χ4v) is 0.989. The molecular weight excluding hydrogens is 166 g/mol. The van der Waals surface area contributed by atoms with Gasteiger partial charge in [0.25, 0.3) is 6.43 Å². The Kier molecular flexibility index (Phi) is 2.69. The minimum atomic E-state index is -2.54. The summed E-state index contributed by atoms with van der Waals surface area (Å²) in [6, 6.07) is 0. The number of hydrogen-bond acceptors (Lipinski definition) is 3. The third-order valence-electron chi connectivity index (χ3n) is 1.53. The van der Waals surface area contributed by atoms with E-state index in [1.165, 1.54) is 7.05 Å². The molecule has 0 radical (unpaired) electrons. The molecule has 0 saturated carbocycles. The molecule has 0 fully saturated rings. The molecule has 0 spiro atoms. The van der Waals surface area contributed by atoms with E-state index in [2.05, 4.69) is 10.3 Å². The molecule has 1 aromatic heterocycles. The Morgan fingerprint density at radius 3 is 2.75 bits per heavy atom. The number of alkyl halides is 2. The topological polar surface area (TPSA) is 56.7 Å². The second-order valence-corrected chi connectivity index (χ2v) is 2.38. The largest absolute Gasteiger partial charge is 0.330 e. The van der Waals surface area contributed by atoms with Crippen molar-refractivity contribution >= 4 is 0 Å². The lowest BCUT2D eigenvalue weighted by Gasteiger charge is -2.00. The number of aryl methyl sites for hydroxylation is 1. The Labute approximate surface area is 68.4 Å². The molecule has 6 heteroatoms. The van der Waals surface area contributed by atoms with Gasteiger partial charge in [-0.05, 0) is 6.54 Å². The van der Waals surface area contributed by atoms with E-state index in [0.717, 1.165) is 4.68 Å². The van der Waals surface area contributed by atoms with Crippen LogP contribution in [0.15, 0.2) is 0 Å². The molecule has 0 atom stereocenters. The lowest BCUT2D eigenvalue weighted by atomic mass is 10.2. The van der Waals surface area contributed by atoms with Gasteiger partial charge in [-0.3, -0.25) is 0 Å². The van der Waals surface area contributed by atoms with Crippen molar-refractivity contribution in [1.29, 1.82) is 0 Å². The van der Waals surface area contributed by atoms with Crippen LogP contribution in [0.4, 0.5) is 8.78 Å². The highest BCUT2D eigenvalue weighted by Gasteiger charge is 2.18. The smallest absolute Gasteiger partial charge is 0.281 e. The van der Waals surface area contributed by atoms with E-state index in [4.69, 9.17) is 5.73 Å². The van der Waals surface area contributed by atoms with Crippen LogP contribution < -0.4 is 5.73 Å². The fourth-order valence-electron chi connectivity index (χ4n) is 0.989. The summed E-state index contributed by atoms with van der Waals surface area (Å²) < 4.78 is 25.7. The van der Waals surface area contributed by atoms with Crippen LogP contribution in [0, 0.1) is 0 Å². The maximum absolute atomic E-state index is 12.3. The summed E-state index contributed by atoms with van der Waals surface area (Å²) in [6.45, 7) is 0.304. The molecule has 0 amide bonds. The van der Waals surface area contributed by atoms with Gasteiger partial charge >= 0.3 is 0 Å². The SMILES string of the molecule is Cn1nnc(CCN)c1C(F)F. The van der Waals surface area contributed by atoms with Crippen LogP contribution in [0.2, 0.25) is 0 Å². The summed E-state index contributed by atoms with van der Waals surface area (Å²) in [5.41, 5.74) is 5.37. The van der Waals surface area contributed by atoms with Crippen molar-refractivity contribution in [1.82, 2.24) is 15.0 Å². The van der Waals surface area contributed by atoms with Crippen molar-refractivity contribution in [2.24, 2.45) is 12.8 Å². The van der Waals surface area contributed by atoms with E-state index in [1.54, 1.807) is 0 Å². The molecule has 0 saturated heterocycles. The molecule has 4 nitrogen and oxygen atoms in total. The predicted molar refractivity (Wildman–Crippen MR) is 38.7 cm³/mol. The highest BCUT2D eigenvalue weighted by atomic mass is 19.3.